The van der Waals surface area contributed by atoms with Gasteiger partial charge in [-0.2, -0.15) is 4.98 Å². The Bertz CT molecular complexity index is 1660. The van der Waals surface area contributed by atoms with Crippen molar-refractivity contribution in [2.24, 2.45) is 0 Å². The van der Waals surface area contributed by atoms with E-state index in [-0.39, 0.29) is 47.2 Å². The van der Waals surface area contributed by atoms with Crippen molar-refractivity contribution in [3.05, 3.63) is 91.3 Å². The number of benzene rings is 2. The summed E-state index contributed by atoms with van der Waals surface area (Å²) in [5.41, 5.74) is -0.517. The monoisotopic (exact) mass is 531 g/mol. The summed E-state index contributed by atoms with van der Waals surface area (Å²) in [4.78, 5) is 53.8. The fourth-order valence-corrected chi connectivity index (χ4v) is 3.98. The van der Waals surface area contributed by atoms with Gasteiger partial charge >= 0.3 is 11.4 Å². The van der Waals surface area contributed by atoms with E-state index < -0.39 is 34.8 Å². The first-order valence-corrected chi connectivity index (χ1v) is 11.3. The topological polar surface area (TPSA) is 117 Å². The van der Waals surface area contributed by atoms with Gasteiger partial charge in [-0.05, 0) is 36.9 Å². The van der Waals surface area contributed by atoms with Crippen LogP contribution in [0.4, 0.5) is 8.78 Å². The molecule has 192 valence electrons. The van der Waals surface area contributed by atoms with Gasteiger partial charge in [0.25, 0.3) is 0 Å². The minimum Gasteiger partial charge on any atom is -0.471 e. The first-order chi connectivity index (χ1) is 17.6. The van der Waals surface area contributed by atoms with Crippen molar-refractivity contribution in [3.63, 3.8) is 0 Å². The van der Waals surface area contributed by atoms with E-state index in [1.807, 2.05) is 0 Å². The van der Waals surface area contributed by atoms with Crippen molar-refractivity contribution in [3.8, 4) is 5.88 Å². The second-order valence-electron chi connectivity index (χ2n) is 8.05. The zero-order valence-corrected chi connectivity index (χ0v) is 20.4. The Morgan fingerprint density at radius 1 is 1.08 bits per heavy atom. The largest absolute Gasteiger partial charge is 0.471 e. The van der Waals surface area contributed by atoms with Gasteiger partial charge in [0.1, 0.15) is 23.3 Å². The van der Waals surface area contributed by atoms with E-state index in [0.717, 1.165) is 15.2 Å². The van der Waals surface area contributed by atoms with Crippen LogP contribution in [-0.4, -0.2) is 44.1 Å². The second-order valence-corrected chi connectivity index (χ2v) is 8.46. The SMILES string of the molecule is CNCC(=O)n1c(=O)n(C(C)=O)c2ccc(Cn3cc(Cl)c(OCc4ccc(F)cc4F)nc3=O)cc21. The van der Waals surface area contributed by atoms with Crippen LogP contribution in [0.25, 0.3) is 11.0 Å². The van der Waals surface area contributed by atoms with Gasteiger partial charge in [-0.15, -0.1) is 0 Å². The molecule has 0 saturated heterocycles. The number of carbonyl (C=O) groups excluding carboxylic acids is 2. The number of likely N-dealkylation sites (N-methyl/N-ethyl adjacent to an activating group) is 1. The summed E-state index contributed by atoms with van der Waals surface area (Å²) in [5, 5.41) is 2.64. The molecule has 1 N–H and O–H groups in total. The summed E-state index contributed by atoms with van der Waals surface area (Å²) in [5.74, 6) is -2.89. The minimum atomic E-state index is -0.815. The molecule has 0 saturated carbocycles. The highest BCUT2D eigenvalue weighted by Gasteiger charge is 2.21. The summed E-state index contributed by atoms with van der Waals surface area (Å²) in [6.45, 7) is 0.713. The van der Waals surface area contributed by atoms with Crippen molar-refractivity contribution in [2.75, 3.05) is 13.6 Å². The summed E-state index contributed by atoms with van der Waals surface area (Å²) >= 11 is 6.22. The highest BCUT2D eigenvalue weighted by atomic mass is 35.5. The lowest BCUT2D eigenvalue weighted by molar-refractivity contribution is 0.0910. The van der Waals surface area contributed by atoms with Crippen molar-refractivity contribution >= 4 is 34.4 Å². The summed E-state index contributed by atoms with van der Waals surface area (Å²) < 4.78 is 35.2. The summed E-state index contributed by atoms with van der Waals surface area (Å²) in [6.07, 6.45) is 1.28. The number of aromatic nitrogens is 4. The maximum Gasteiger partial charge on any atom is 0.351 e. The predicted octanol–water partition coefficient (Wildman–Crippen LogP) is 2.44. The number of hydrogen-bond donors (Lipinski definition) is 1. The van der Waals surface area contributed by atoms with E-state index in [1.165, 1.54) is 35.9 Å². The molecule has 0 atom stereocenters. The minimum absolute atomic E-state index is 0.0337. The Kier molecular flexibility index (Phi) is 7.32. The van der Waals surface area contributed by atoms with Crippen LogP contribution in [0.15, 0.2) is 52.2 Å². The number of fused-ring (bicyclic) bond motifs is 1. The molecule has 0 unspecified atom stereocenters. The fraction of sp³-hybridized carbons (Fsp3) is 0.208. The zero-order chi connectivity index (χ0) is 26.9. The third-order valence-corrected chi connectivity index (χ3v) is 5.70. The number of hydrogen-bond acceptors (Lipinski definition) is 7. The van der Waals surface area contributed by atoms with Crippen molar-refractivity contribution in [2.45, 2.75) is 20.1 Å². The maximum atomic E-state index is 13.8. The van der Waals surface area contributed by atoms with E-state index in [4.69, 9.17) is 16.3 Å². The van der Waals surface area contributed by atoms with Gasteiger partial charge in [0.2, 0.25) is 17.7 Å². The van der Waals surface area contributed by atoms with Crippen LogP contribution in [0.2, 0.25) is 5.02 Å². The Hall–Kier alpha value is -4.16. The third-order valence-electron chi connectivity index (χ3n) is 5.45. The number of carbonyl (C=O) groups is 2. The van der Waals surface area contributed by atoms with Crippen LogP contribution < -0.4 is 21.4 Å². The lowest BCUT2D eigenvalue weighted by atomic mass is 10.2. The first-order valence-electron chi connectivity index (χ1n) is 10.9. The standard InChI is InChI=1S/C24H20ClF2N5O5/c1-13(33)31-19-6-3-14(7-20(19)32(24(31)36)21(34)9-28-2)10-30-11-17(25)22(29-23(30)35)37-12-15-4-5-16(26)8-18(15)27/h3-8,11,28H,9-10,12H2,1-2H3. The second kappa shape index (κ2) is 10.4. The molecule has 0 bridgehead atoms. The Labute approximate surface area is 212 Å². The number of ether oxygens (including phenoxy) is 1. The van der Waals surface area contributed by atoms with E-state index in [0.29, 0.717) is 11.6 Å². The number of nitrogens with zero attached hydrogens (tertiary/aromatic N) is 4. The van der Waals surface area contributed by atoms with Crippen LogP contribution in [0.1, 0.15) is 27.6 Å². The molecule has 4 rings (SSSR count). The van der Waals surface area contributed by atoms with E-state index in [1.54, 1.807) is 13.1 Å². The molecule has 37 heavy (non-hydrogen) atoms. The quantitative estimate of drug-likeness (QED) is 0.389. The number of halogens is 3. The lowest BCUT2D eigenvalue weighted by Crippen LogP contribution is -2.35. The molecule has 0 aliphatic rings. The number of imidazole rings is 1. The van der Waals surface area contributed by atoms with Crippen molar-refractivity contribution in [1.82, 2.24) is 24.0 Å². The number of rotatable bonds is 7. The molecular formula is C24H20ClF2N5O5. The first kappa shape index (κ1) is 25.9. The van der Waals surface area contributed by atoms with E-state index >= 15 is 0 Å². The Morgan fingerprint density at radius 3 is 2.51 bits per heavy atom. The average Bonchev–Trinajstić information content (AvgIpc) is 3.12. The van der Waals surface area contributed by atoms with Gasteiger partial charge in [0, 0.05) is 24.8 Å². The molecule has 2 aromatic heterocycles. The molecule has 10 nitrogen and oxygen atoms in total. The molecular weight excluding hydrogens is 512 g/mol. The smallest absolute Gasteiger partial charge is 0.351 e. The van der Waals surface area contributed by atoms with Crippen LogP contribution in [0.3, 0.4) is 0 Å². The molecule has 4 aromatic rings. The van der Waals surface area contributed by atoms with Gasteiger partial charge in [-0.1, -0.05) is 17.7 Å². The highest BCUT2D eigenvalue weighted by molar-refractivity contribution is 6.31. The van der Waals surface area contributed by atoms with Crippen molar-refractivity contribution < 1.29 is 23.1 Å². The molecule has 0 fully saturated rings. The molecule has 0 aliphatic heterocycles. The summed E-state index contributed by atoms with van der Waals surface area (Å²) in [6, 6.07) is 7.60. The normalized spacial score (nSPS) is 11.2. The van der Waals surface area contributed by atoms with Crippen LogP contribution >= 0.6 is 11.6 Å². The zero-order valence-electron chi connectivity index (χ0n) is 19.6. The lowest BCUT2D eigenvalue weighted by Gasteiger charge is -2.11. The van der Waals surface area contributed by atoms with Gasteiger partial charge in [0.05, 0.1) is 24.1 Å². The van der Waals surface area contributed by atoms with Crippen LogP contribution in [-0.2, 0) is 13.2 Å². The highest BCUT2D eigenvalue weighted by Crippen LogP contribution is 2.22. The van der Waals surface area contributed by atoms with E-state index in [2.05, 4.69) is 10.3 Å². The van der Waals surface area contributed by atoms with Gasteiger partial charge < -0.3 is 10.1 Å². The Balaban J connectivity index is 1.64. The van der Waals surface area contributed by atoms with E-state index in [9.17, 15) is 28.0 Å². The predicted molar refractivity (Wildman–Crippen MR) is 130 cm³/mol. The molecule has 0 amide bonds. The molecule has 2 aromatic carbocycles. The maximum absolute atomic E-state index is 13.8. The molecule has 0 radical (unpaired) electrons. The molecule has 0 aliphatic carbocycles. The fourth-order valence-electron chi connectivity index (χ4n) is 3.77. The molecule has 2 heterocycles. The van der Waals surface area contributed by atoms with Crippen LogP contribution in [0, 0.1) is 11.6 Å². The summed E-state index contributed by atoms with van der Waals surface area (Å²) in [7, 11) is 1.55. The van der Waals surface area contributed by atoms with Gasteiger partial charge in [-0.3, -0.25) is 14.2 Å². The van der Waals surface area contributed by atoms with Gasteiger partial charge in [-0.25, -0.2) is 27.5 Å². The molecule has 13 heteroatoms. The van der Waals surface area contributed by atoms with Gasteiger partial charge in [0.15, 0.2) is 0 Å². The number of nitrogens with one attached hydrogen (secondary N) is 1. The third kappa shape index (κ3) is 5.20. The Morgan fingerprint density at radius 2 is 1.84 bits per heavy atom. The van der Waals surface area contributed by atoms with Crippen LogP contribution in [0.5, 0.6) is 5.88 Å². The molecule has 0 spiro atoms. The van der Waals surface area contributed by atoms with Crippen molar-refractivity contribution in [1.29, 1.82) is 0 Å². The average molecular weight is 532 g/mol.